The number of nitrogens with zero attached hydrogens (tertiary/aromatic N) is 2. The molecule has 2 heterocycles. The van der Waals surface area contributed by atoms with Crippen molar-refractivity contribution in [3.63, 3.8) is 0 Å². The van der Waals surface area contributed by atoms with E-state index in [0.717, 1.165) is 23.3 Å². The zero-order valence-electron chi connectivity index (χ0n) is 10.5. The van der Waals surface area contributed by atoms with Crippen LogP contribution in [0.15, 0.2) is 11.1 Å². The van der Waals surface area contributed by atoms with E-state index in [-0.39, 0.29) is 5.56 Å². The molecule has 0 spiro atoms. The number of carbonyl (C=O) groups is 1. The van der Waals surface area contributed by atoms with Gasteiger partial charge in [-0.1, -0.05) is 6.92 Å². The lowest BCUT2D eigenvalue weighted by molar-refractivity contribution is -0.138. The molecule has 3 rings (SSSR count). The van der Waals surface area contributed by atoms with E-state index in [2.05, 4.69) is 4.98 Å². The number of hydrogen-bond acceptors (Lipinski definition) is 4. The zero-order chi connectivity index (χ0) is 13.6. The van der Waals surface area contributed by atoms with Crippen LogP contribution in [-0.4, -0.2) is 20.6 Å². The SMILES string of the molecule is CCCn1cnc2sc3c(c2c1=O)C(C(=O)O)CC3. The largest absolute Gasteiger partial charge is 0.481 e. The summed E-state index contributed by atoms with van der Waals surface area (Å²) in [6, 6.07) is 0. The fourth-order valence-corrected chi connectivity index (χ4v) is 3.92. The minimum Gasteiger partial charge on any atom is -0.481 e. The van der Waals surface area contributed by atoms with E-state index in [1.165, 1.54) is 11.3 Å². The molecule has 0 aromatic carbocycles. The van der Waals surface area contributed by atoms with Gasteiger partial charge >= 0.3 is 5.97 Å². The molecule has 1 N–H and O–H groups in total. The Morgan fingerprint density at radius 3 is 3.11 bits per heavy atom. The molecule has 19 heavy (non-hydrogen) atoms. The van der Waals surface area contributed by atoms with Crippen molar-refractivity contribution in [2.75, 3.05) is 0 Å². The van der Waals surface area contributed by atoms with Crippen LogP contribution in [0.4, 0.5) is 0 Å². The second-order valence-corrected chi connectivity index (χ2v) is 5.88. The number of carboxylic acids is 1. The standard InChI is InChI=1S/C13H14N2O3S/c1-2-5-15-6-14-11-10(12(15)16)9-7(13(17)18)3-4-8(9)19-11/h6-7H,2-5H2,1H3,(H,17,18). The van der Waals surface area contributed by atoms with E-state index < -0.39 is 11.9 Å². The van der Waals surface area contributed by atoms with Crippen molar-refractivity contribution in [3.8, 4) is 0 Å². The van der Waals surface area contributed by atoms with Crippen LogP contribution in [0.2, 0.25) is 0 Å². The topological polar surface area (TPSA) is 72.2 Å². The van der Waals surface area contributed by atoms with E-state index >= 15 is 0 Å². The zero-order valence-corrected chi connectivity index (χ0v) is 11.4. The number of aryl methyl sites for hydroxylation is 2. The minimum absolute atomic E-state index is 0.0995. The van der Waals surface area contributed by atoms with Gasteiger partial charge in [0.25, 0.3) is 5.56 Å². The normalized spacial score (nSPS) is 17.8. The fraction of sp³-hybridized carbons (Fsp3) is 0.462. The van der Waals surface area contributed by atoms with Crippen LogP contribution in [0.3, 0.4) is 0 Å². The van der Waals surface area contributed by atoms with E-state index in [0.29, 0.717) is 23.2 Å². The lowest BCUT2D eigenvalue weighted by Crippen LogP contribution is -2.21. The Labute approximate surface area is 113 Å². The molecule has 2 aromatic rings. The summed E-state index contributed by atoms with van der Waals surface area (Å²) in [5.41, 5.74) is 0.618. The first-order valence-corrected chi connectivity index (χ1v) is 7.18. The Kier molecular flexibility index (Phi) is 2.89. The molecule has 6 heteroatoms. The van der Waals surface area contributed by atoms with Gasteiger partial charge in [0.1, 0.15) is 4.83 Å². The molecular formula is C13H14N2O3S. The van der Waals surface area contributed by atoms with Crippen molar-refractivity contribution in [2.45, 2.75) is 38.6 Å². The molecule has 0 aliphatic heterocycles. The molecule has 1 aliphatic carbocycles. The highest BCUT2D eigenvalue weighted by Gasteiger charge is 2.34. The smallest absolute Gasteiger partial charge is 0.311 e. The first kappa shape index (κ1) is 12.3. The van der Waals surface area contributed by atoms with E-state index in [1.807, 2.05) is 6.92 Å². The van der Waals surface area contributed by atoms with Crippen LogP contribution < -0.4 is 5.56 Å². The van der Waals surface area contributed by atoms with Gasteiger partial charge in [0, 0.05) is 11.4 Å². The molecule has 0 amide bonds. The summed E-state index contributed by atoms with van der Waals surface area (Å²) in [6.45, 7) is 2.61. The van der Waals surface area contributed by atoms with Gasteiger partial charge in [-0.2, -0.15) is 0 Å². The molecule has 0 radical (unpaired) electrons. The summed E-state index contributed by atoms with van der Waals surface area (Å²) in [6.07, 6.45) is 3.74. The lowest BCUT2D eigenvalue weighted by atomic mass is 10.0. The summed E-state index contributed by atoms with van der Waals surface area (Å²) in [7, 11) is 0. The molecule has 100 valence electrons. The van der Waals surface area contributed by atoms with Gasteiger partial charge in [-0.3, -0.25) is 14.2 Å². The molecule has 2 aromatic heterocycles. The third-order valence-corrected chi connectivity index (χ3v) is 4.74. The van der Waals surface area contributed by atoms with Gasteiger partial charge in [-0.15, -0.1) is 11.3 Å². The van der Waals surface area contributed by atoms with Gasteiger partial charge in [-0.05, 0) is 24.8 Å². The van der Waals surface area contributed by atoms with E-state index in [4.69, 9.17) is 0 Å². The third-order valence-electron chi connectivity index (χ3n) is 3.56. The van der Waals surface area contributed by atoms with Crippen LogP contribution in [0.1, 0.15) is 36.1 Å². The van der Waals surface area contributed by atoms with Crippen molar-refractivity contribution < 1.29 is 9.90 Å². The average molecular weight is 278 g/mol. The van der Waals surface area contributed by atoms with E-state index in [1.54, 1.807) is 10.9 Å². The maximum atomic E-state index is 12.4. The highest BCUT2D eigenvalue weighted by Crippen LogP contribution is 2.41. The van der Waals surface area contributed by atoms with Crippen molar-refractivity contribution in [1.29, 1.82) is 0 Å². The number of thiophene rings is 1. The molecule has 5 nitrogen and oxygen atoms in total. The molecule has 0 saturated heterocycles. The minimum atomic E-state index is -0.844. The number of fused-ring (bicyclic) bond motifs is 3. The summed E-state index contributed by atoms with van der Waals surface area (Å²) >= 11 is 1.46. The molecule has 0 fully saturated rings. The summed E-state index contributed by atoms with van der Waals surface area (Å²) < 4.78 is 1.58. The van der Waals surface area contributed by atoms with E-state index in [9.17, 15) is 14.7 Å². The molecular weight excluding hydrogens is 264 g/mol. The number of rotatable bonds is 3. The quantitative estimate of drug-likeness (QED) is 0.931. The maximum Gasteiger partial charge on any atom is 0.311 e. The third kappa shape index (κ3) is 1.78. The summed E-state index contributed by atoms with van der Waals surface area (Å²) in [5, 5.41) is 9.81. The molecule has 0 saturated carbocycles. The van der Waals surface area contributed by atoms with Crippen LogP contribution in [-0.2, 0) is 17.8 Å². The Hall–Kier alpha value is -1.69. The van der Waals surface area contributed by atoms with Gasteiger partial charge in [-0.25, -0.2) is 4.98 Å². The molecule has 0 bridgehead atoms. The summed E-state index contributed by atoms with van der Waals surface area (Å²) in [4.78, 5) is 29.7. The van der Waals surface area contributed by atoms with Crippen molar-refractivity contribution in [2.24, 2.45) is 0 Å². The summed E-state index contributed by atoms with van der Waals surface area (Å²) in [5.74, 6) is -1.39. The van der Waals surface area contributed by atoms with Crippen molar-refractivity contribution >= 4 is 27.5 Å². The second-order valence-electron chi connectivity index (χ2n) is 4.79. The number of aromatic nitrogens is 2. The first-order valence-electron chi connectivity index (χ1n) is 6.37. The first-order chi connectivity index (χ1) is 9.13. The Morgan fingerprint density at radius 1 is 1.63 bits per heavy atom. The number of carboxylic acid groups (broad SMARTS) is 1. The van der Waals surface area contributed by atoms with Gasteiger partial charge in [0.15, 0.2) is 0 Å². The van der Waals surface area contributed by atoms with Crippen molar-refractivity contribution in [3.05, 3.63) is 27.1 Å². The predicted octanol–water partition coefficient (Wildman–Crippen LogP) is 1.98. The van der Waals surface area contributed by atoms with Crippen LogP contribution >= 0.6 is 11.3 Å². The number of hydrogen-bond donors (Lipinski definition) is 1. The molecule has 1 atom stereocenters. The molecule has 1 aliphatic rings. The van der Waals surface area contributed by atoms with Crippen LogP contribution in [0.25, 0.3) is 10.2 Å². The van der Waals surface area contributed by atoms with Crippen molar-refractivity contribution in [1.82, 2.24) is 9.55 Å². The Morgan fingerprint density at radius 2 is 2.42 bits per heavy atom. The molecule has 1 unspecified atom stereocenters. The number of aliphatic carboxylic acids is 1. The second kappa shape index (κ2) is 4.45. The van der Waals surface area contributed by atoms with Crippen LogP contribution in [0.5, 0.6) is 0 Å². The Bertz CT molecular complexity index is 716. The average Bonchev–Trinajstić information content (AvgIpc) is 2.90. The Balaban J connectivity index is 2.28. The van der Waals surface area contributed by atoms with Crippen LogP contribution in [0, 0.1) is 0 Å². The highest BCUT2D eigenvalue weighted by molar-refractivity contribution is 7.18. The predicted molar refractivity (Wildman–Crippen MR) is 72.9 cm³/mol. The van der Waals surface area contributed by atoms with Gasteiger partial charge in [0.2, 0.25) is 0 Å². The fourth-order valence-electron chi connectivity index (χ4n) is 2.71. The van der Waals surface area contributed by atoms with Gasteiger partial charge < -0.3 is 5.11 Å². The maximum absolute atomic E-state index is 12.4. The monoisotopic (exact) mass is 278 g/mol. The highest BCUT2D eigenvalue weighted by atomic mass is 32.1. The lowest BCUT2D eigenvalue weighted by Gasteiger charge is -2.06. The van der Waals surface area contributed by atoms with Gasteiger partial charge in [0.05, 0.1) is 17.6 Å².